The average Bonchev–Trinajstić information content (AvgIpc) is 2.04. The zero-order valence-corrected chi connectivity index (χ0v) is 9.69. The fourth-order valence-electron chi connectivity index (χ4n) is 2.45. The molecule has 0 aromatic heterocycles. The molecule has 0 heterocycles. The molecule has 1 N–H and O–H groups in total. The number of hydrogen-bond acceptors (Lipinski definition) is 1. The van der Waals surface area contributed by atoms with Gasteiger partial charge in [-0.25, -0.2) is 0 Å². The summed E-state index contributed by atoms with van der Waals surface area (Å²) >= 11 is 0. The van der Waals surface area contributed by atoms with Gasteiger partial charge in [0.25, 0.3) is 0 Å². The lowest BCUT2D eigenvalue weighted by Gasteiger charge is -2.37. The highest BCUT2D eigenvalue weighted by atomic mass is 14.9. The highest BCUT2D eigenvalue weighted by Gasteiger charge is 2.28. The molecule has 0 aromatic carbocycles. The van der Waals surface area contributed by atoms with Crippen LogP contribution in [0, 0.1) is 11.3 Å². The molecule has 0 atom stereocenters. The first kappa shape index (κ1) is 11.0. The second-order valence-corrected chi connectivity index (χ2v) is 5.47. The van der Waals surface area contributed by atoms with E-state index < -0.39 is 0 Å². The topological polar surface area (TPSA) is 12.0 Å². The molecule has 13 heavy (non-hydrogen) atoms. The summed E-state index contributed by atoms with van der Waals surface area (Å²) in [4.78, 5) is 0. The van der Waals surface area contributed by atoms with Crippen LogP contribution in [0.1, 0.15) is 53.4 Å². The number of rotatable bonds is 2. The van der Waals surface area contributed by atoms with Crippen LogP contribution in [0.4, 0.5) is 0 Å². The molecule has 0 spiro atoms. The lowest BCUT2D eigenvalue weighted by molar-refractivity contribution is 0.161. The third kappa shape index (κ3) is 3.30. The standard InChI is InChI=1S/C12H25N/c1-5-13-11-8-6-10(7-9-11)12(2,3)4/h10-11,13H,5-9H2,1-4H3. The number of nitrogens with one attached hydrogen (secondary N) is 1. The predicted octanol–water partition coefficient (Wildman–Crippen LogP) is 3.20. The summed E-state index contributed by atoms with van der Waals surface area (Å²) in [5.41, 5.74) is 0.525. The first-order valence-electron chi connectivity index (χ1n) is 5.77. The summed E-state index contributed by atoms with van der Waals surface area (Å²) in [7, 11) is 0. The highest BCUT2D eigenvalue weighted by Crippen LogP contribution is 2.37. The molecule has 0 aliphatic heterocycles. The lowest BCUT2D eigenvalue weighted by atomic mass is 9.71. The molecular formula is C12H25N. The average molecular weight is 183 g/mol. The van der Waals surface area contributed by atoms with Crippen molar-refractivity contribution < 1.29 is 0 Å². The van der Waals surface area contributed by atoms with Crippen LogP contribution in [0.3, 0.4) is 0 Å². The van der Waals surface area contributed by atoms with E-state index in [9.17, 15) is 0 Å². The van der Waals surface area contributed by atoms with E-state index in [1.807, 2.05) is 0 Å². The molecular weight excluding hydrogens is 158 g/mol. The van der Waals surface area contributed by atoms with E-state index in [4.69, 9.17) is 0 Å². The van der Waals surface area contributed by atoms with Crippen molar-refractivity contribution in [3.63, 3.8) is 0 Å². The molecule has 1 saturated carbocycles. The van der Waals surface area contributed by atoms with Gasteiger partial charge in [0, 0.05) is 6.04 Å². The van der Waals surface area contributed by atoms with E-state index in [1.165, 1.54) is 25.7 Å². The van der Waals surface area contributed by atoms with Crippen molar-refractivity contribution >= 4 is 0 Å². The third-order valence-electron chi connectivity index (χ3n) is 3.44. The van der Waals surface area contributed by atoms with Gasteiger partial charge in [0.2, 0.25) is 0 Å². The van der Waals surface area contributed by atoms with Gasteiger partial charge in [-0.1, -0.05) is 27.7 Å². The van der Waals surface area contributed by atoms with Crippen LogP contribution in [0.5, 0.6) is 0 Å². The van der Waals surface area contributed by atoms with Gasteiger partial charge < -0.3 is 5.32 Å². The quantitative estimate of drug-likeness (QED) is 0.693. The Kier molecular flexibility index (Phi) is 3.78. The SMILES string of the molecule is CCNC1CCC(C(C)(C)C)CC1. The summed E-state index contributed by atoms with van der Waals surface area (Å²) in [5, 5.41) is 3.56. The molecule has 0 radical (unpaired) electrons. The minimum atomic E-state index is 0.525. The summed E-state index contributed by atoms with van der Waals surface area (Å²) < 4.78 is 0. The van der Waals surface area contributed by atoms with Crippen LogP contribution < -0.4 is 5.32 Å². The fraction of sp³-hybridized carbons (Fsp3) is 1.00. The van der Waals surface area contributed by atoms with Crippen LogP contribution in [0.25, 0.3) is 0 Å². The van der Waals surface area contributed by atoms with Gasteiger partial charge in [0.1, 0.15) is 0 Å². The maximum Gasteiger partial charge on any atom is 0.00671 e. The largest absolute Gasteiger partial charge is 0.314 e. The van der Waals surface area contributed by atoms with E-state index in [1.54, 1.807) is 0 Å². The van der Waals surface area contributed by atoms with E-state index in [0.29, 0.717) is 5.41 Å². The molecule has 78 valence electrons. The van der Waals surface area contributed by atoms with E-state index in [-0.39, 0.29) is 0 Å². The van der Waals surface area contributed by atoms with Gasteiger partial charge in [-0.2, -0.15) is 0 Å². The fourth-order valence-corrected chi connectivity index (χ4v) is 2.45. The Balaban J connectivity index is 2.30. The zero-order valence-electron chi connectivity index (χ0n) is 9.69. The van der Waals surface area contributed by atoms with Crippen molar-refractivity contribution in [3.8, 4) is 0 Å². The molecule has 1 heteroatoms. The Morgan fingerprint density at radius 3 is 2.00 bits per heavy atom. The van der Waals surface area contributed by atoms with Crippen LogP contribution in [-0.4, -0.2) is 12.6 Å². The molecule has 0 aromatic rings. The molecule has 0 unspecified atom stereocenters. The summed E-state index contributed by atoms with van der Waals surface area (Å²) in [5.74, 6) is 0.947. The van der Waals surface area contributed by atoms with Gasteiger partial charge >= 0.3 is 0 Å². The van der Waals surface area contributed by atoms with Crippen molar-refractivity contribution in [2.45, 2.75) is 59.4 Å². The monoisotopic (exact) mass is 183 g/mol. The second-order valence-electron chi connectivity index (χ2n) is 5.47. The minimum Gasteiger partial charge on any atom is -0.314 e. The van der Waals surface area contributed by atoms with Crippen molar-refractivity contribution in [2.75, 3.05) is 6.54 Å². The van der Waals surface area contributed by atoms with Crippen LogP contribution in [0.2, 0.25) is 0 Å². The van der Waals surface area contributed by atoms with Crippen molar-refractivity contribution in [1.29, 1.82) is 0 Å². The van der Waals surface area contributed by atoms with Crippen molar-refractivity contribution in [3.05, 3.63) is 0 Å². The molecule has 1 rings (SSSR count). The van der Waals surface area contributed by atoms with Crippen LogP contribution in [0.15, 0.2) is 0 Å². The molecule has 1 nitrogen and oxygen atoms in total. The van der Waals surface area contributed by atoms with E-state index in [0.717, 1.165) is 18.5 Å². The summed E-state index contributed by atoms with van der Waals surface area (Å²) in [6.07, 6.45) is 5.61. The Morgan fingerprint density at radius 2 is 1.62 bits per heavy atom. The van der Waals surface area contributed by atoms with Gasteiger partial charge in [0.15, 0.2) is 0 Å². The van der Waals surface area contributed by atoms with E-state index in [2.05, 4.69) is 33.0 Å². The first-order chi connectivity index (χ1) is 6.04. The maximum absolute atomic E-state index is 3.56. The summed E-state index contributed by atoms with van der Waals surface area (Å²) in [6.45, 7) is 10.5. The van der Waals surface area contributed by atoms with Crippen LogP contribution >= 0.6 is 0 Å². The Labute approximate surface area is 83.3 Å². The molecule has 0 saturated heterocycles. The smallest absolute Gasteiger partial charge is 0.00671 e. The Morgan fingerprint density at radius 1 is 1.08 bits per heavy atom. The van der Waals surface area contributed by atoms with Gasteiger partial charge in [-0.3, -0.25) is 0 Å². The molecule has 0 amide bonds. The molecule has 0 bridgehead atoms. The first-order valence-corrected chi connectivity index (χ1v) is 5.77. The molecule has 1 aliphatic rings. The maximum atomic E-state index is 3.56. The lowest BCUT2D eigenvalue weighted by Crippen LogP contribution is -2.35. The normalized spacial score (nSPS) is 30.5. The zero-order chi connectivity index (χ0) is 9.90. The van der Waals surface area contributed by atoms with Gasteiger partial charge in [-0.05, 0) is 43.6 Å². The molecule has 1 aliphatic carbocycles. The van der Waals surface area contributed by atoms with Gasteiger partial charge in [0.05, 0.1) is 0 Å². The third-order valence-corrected chi connectivity index (χ3v) is 3.44. The predicted molar refractivity (Wildman–Crippen MR) is 58.9 cm³/mol. The minimum absolute atomic E-state index is 0.525. The Hall–Kier alpha value is -0.0400. The number of hydrogen-bond donors (Lipinski definition) is 1. The Bertz CT molecular complexity index is 138. The highest BCUT2D eigenvalue weighted by molar-refractivity contribution is 4.82. The van der Waals surface area contributed by atoms with E-state index >= 15 is 0 Å². The van der Waals surface area contributed by atoms with Crippen molar-refractivity contribution in [1.82, 2.24) is 5.32 Å². The van der Waals surface area contributed by atoms with Gasteiger partial charge in [-0.15, -0.1) is 0 Å². The summed E-state index contributed by atoms with van der Waals surface area (Å²) in [6, 6.07) is 0.809. The molecule has 1 fully saturated rings. The van der Waals surface area contributed by atoms with Crippen LogP contribution in [-0.2, 0) is 0 Å². The second kappa shape index (κ2) is 4.45. The van der Waals surface area contributed by atoms with Crippen molar-refractivity contribution in [2.24, 2.45) is 11.3 Å².